The number of amides is 1. The molecule has 0 aromatic heterocycles. The average molecular weight is 413 g/mol. The van der Waals surface area contributed by atoms with Crippen molar-refractivity contribution in [3.8, 4) is 0 Å². The summed E-state index contributed by atoms with van der Waals surface area (Å²) in [5.41, 5.74) is 3.68. The van der Waals surface area contributed by atoms with E-state index >= 15 is 0 Å². The predicted octanol–water partition coefficient (Wildman–Crippen LogP) is 5.25. The lowest BCUT2D eigenvalue weighted by molar-refractivity contribution is -0.119. The van der Waals surface area contributed by atoms with Crippen molar-refractivity contribution in [2.45, 2.75) is 19.8 Å². The van der Waals surface area contributed by atoms with Gasteiger partial charge in [0.15, 0.2) is 5.78 Å². The molecule has 0 bridgehead atoms. The van der Waals surface area contributed by atoms with Gasteiger partial charge in [-0.25, -0.2) is 0 Å². The topological polar surface area (TPSA) is 40.6 Å². The number of aryl methyl sites for hydroxylation is 1. The third kappa shape index (κ3) is 5.09. The Labute approximate surface area is 184 Å². The Morgan fingerprint density at radius 1 is 0.806 bits per heavy atom. The van der Waals surface area contributed by atoms with Crippen LogP contribution < -0.4 is 4.90 Å². The first-order chi connectivity index (χ1) is 15.1. The lowest BCUT2D eigenvalue weighted by Crippen LogP contribution is -2.43. The maximum Gasteiger partial charge on any atom is 0.245 e. The second-order valence-corrected chi connectivity index (χ2v) is 8.18. The molecule has 1 aliphatic rings. The van der Waals surface area contributed by atoms with Crippen LogP contribution in [0.2, 0.25) is 0 Å². The number of hydrogen-bond donors (Lipinski definition) is 0. The Balaban J connectivity index is 1.40. The second-order valence-electron chi connectivity index (χ2n) is 8.18. The molecule has 3 aromatic carbocycles. The number of carbonyl (C=O) groups is 2. The minimum absolute atomic E-state index is 0.0356. The summed E-state index contributed by atoms with van der Waals surface area (Å²) in [6.07, 6.45) is 1.58. The summed E-state index contributed by atoms with van der Waals surface area (Å²) < 4.78 is 0. The van der Waals surface area contributed by atoms with Gasteiger partial charge in [0, 0.05) is 22.9 Å². The Kier molecular flexibility index (Phi) is 6.58. The van der Waals surface area contributed by atoms with Crippen molar-refractivity contribution in [2.75, 3.05) is 24.5 Å². The minimum Gasteiger partial charge on any atom is -0.294 e. The Bertz CT molecular complexity index is 969. The number of Topliss-reactive ketones (excluding diaryl/α,β-unsaturated/α-hetero) is 1. The maximum atomic E-state index is 13.3. The van der Waals surface area contributed by atoms with E-state index in [4.69, 9.17) is 0 Å². The molecule has 0 aliphatic carbocycles. The van der Waals surface area contributed by atoms with Gasteiger partial charge >= 0.3 is 0 Å². The number of rotatable bonds is 6. The maximum absolute atomic E-state index is 13.3. The van der Waals surface area contributed by atoms with Crippen LogP contribution in [0.5, 0.6) is 0 Å². The molecule has 0 unspecified atom stereocenters. The molecule has 1 aliphatic heterocycles. The van der Waals surface area contributed by atoms with E-state index in [-0.39, 0.29) is 17.6 Å². The summed E-state index contributed by atoms with van der Waals surface area (Å²) in [6, 6.07) is 27.3. The van der Waals surface area contributed by atoms with Crippen molar-refractivity contribution in [1.82, 2.24) is 4.90 Å². The Morgan fingerprint density at radius 3 is 1.84 bits per heavy atom. The van der Waals surface area contributed by atoms with Crippen molar-refractivity contribution in [3.05, 3.63) is 96.1 Å². The molecule has 0 atom stereocenters. The van der Waals surface area contributed by atoms with Crippen molar-refractivity contribution < 1.29 is 9.59 Å². The van der Waals surface area contributed by atoms with Gasteiger partial charge in [0.2, 0.25) is 5.91 Å². The molecular weight excluding hydrogens is 384 g/mol. The van der Waals surface area contributed by atoms with Gasteiger partial charge in [-0.3, -0.25) is 19.4 Å². The number of ketones is 1. The van der Waals surface area contributed by atoms with Crippen LogP contribution >= 0.6 is 0 Å². The molecule has 4 heteroatoms. The number of para-hydroxylation sites is 2. The van der Waals surface area contributed by atoms with Crippen LogP contribution in [0, 0.1) is 12.8 Å². The van der Waals surface area contributed by atoms with Crippen LogP contribution in [0.1, 0.15) is 28.8 Å². The van der Waals surface area contributed by atoms with Gasteiger partial charge in [-0.05, 0) is 57.1 Å². The fraction of sp³-hybridized carbons (Fsp3) is 0.259. The van der Waals surface area contributed by atoms with Gasteiger partial charge < -0.3 is 0 Å². The zero-order valence-corrected chi connectivity index (χ0v) is 17.9. The number of nitrogens with zero attached hydrogens (tertiary/aromatic N) is 2. The summed E-state index contributed by atoms with van der Waals surface area (Å²) in [6.45, 7) is 3.88. The van der Waals surface area contributed by atoms with Crippen LogP contribution in [-0.4, -0.2) is 36.2 Å². The largest absolute Gasteiger partial charge is 0.294 e. The van der Waals surface area contributed by atoms with E-state index < -0.39 is 0 Å². The van der Waals surface area contributed by atoms with Crippen molar-refractivity contribution in [1.29, 1.82) is 0 Å². The molecule has 0 saturated carbocycles. The molecule has 158 valence electrons. The summed E-state index contributed by atoms with van der Waals surface area (Å²) >= 11 is 0. The Hall–Kier alpha value is -3.24. The van der Waals surface area contributed by atoms with Gasteiger partial charge in [0.1, 0.15) is 0 Å². The van der Waals surface area contributed by atoms with E-state index in [1.165, 1.54) is 0 Å². The lowest BCUT2D eigenvalue weighted by Gasteiger charge is -2.32. The minimum atomic E-state index is 0.0356. The first kappa shape index (κ1) is 21.0. The van der Waals surface area contributed by atoms with Gasteiger partial charge in [0.25, 0.3) is 0 Å². The summed E-state index contributed by atoms with van der Waals surface area (Å²) in [7, 11) is 0. The number of piperidine rings is 1. The predicted molar refractivity (Wildman–Crippen MR) is 125 cm³/mol. The third-order valence-corrected chi connectivity index (χ3v) is 5.93. The Morgan fingerprint density at radius 2 is 1.32 bits per heavy atom. The fourth-order valence-corrected chi connectivity index (χ4v) is 4.16. The highest BCUT2D eigenvalue weighted by molar-refractivity contribution is 6.01. The molecule has 0 radical (unpaired) electrons. The first-order valence-corrected chi connectivity index (χ1v) is 10.9. The van der Waals surface area contributed by atoms with Gasteiger partial charge in [0.05, 0.1) is 6.54 Å². The van der Waals surface area contributed by atoms with Gasteiger partial charge in [-0.2, -0.15) is 0 Å². The number of likely N-dealkylation sites (tertiary alicyclic amines) is 1. The molecule has 1 fully saturated rings. The summed E-state index contributed by atoms with van der Waals surface area (Å²) in [4.78, 5) is 30.1. The molecule has 1 amide bonds. The average Bonchev–Trinajstić information content (AvgIpc) is 2.81. The highest BCUT2D eigenvalue weighted by Gasteiger charge is 2.28. The molecule has 3 aromatic rings. The van der Waals surface area contributed by atoms with Crippen LogP contribution in [0.15, 0.2) is 84.9 Å². The van der Waals surface area contributed by atoms with Crippen LogP contribution in [0.25, 0.3) is 0 Å². The van der Waals surface area contributed by atoms with Gasteiger partial charge in [-0.1, -0.05) is 66.2 Å². The summed E-state index contributed by atoms with van der Waals surface area (Å²) in [5.74, 6) is 0.301. The molecule has 4 rings (SSSR count). The van der Waals surface area contributed by atoms with Crippen LogP contribution in [0.3, 0.4) is 0 Å². The molecule has 4 nitrogen and oxygen atoms in total. The van der Waals surface area contributed by atoms with Crippen LogP contribution in [-0.2, 0) is 4.79 Å². The van der Waals surface area contributed by atoms with E-state index in [0.29, 0.717) is 6.54 Å². The molecule has 0 spiro atoms. The van der Waals surface area contributed by atoms with E-state index in [1.807, 2.05) is 91.9 Å². The van der Waals surface area contributed by atoms with Crippen LogP contribution in [0.4, 0.5) is 11.4 Å². The van der Waals surface area contributed by atoms with E-state index in [0.717, 1.165) is 48.4 Å². The van der Waals surface area contributed by atoms with E-state index in [9.17, 15) is 9.59 Å². The molecular formula is C27H28N2O2. The summed E-state index contributed by atoms with van der Waals surface area (Å²) in [5, 5.41) is 0. The quantitative estimate of drug-likeness (QED) is 0.519. The smallest absolute Gasteiger partial charge is 0.245 e. The number of benzene rings is 3. The zero-order valence-electron chi connectivity index (χ0n) is 17.9. The van der Waals surface area contributed by atoms with Crippen molar-refractivity contribution in [3.63, 3.8) is 0 Å². The normalized spacial score (nSPS) is 14.9. The fourth-order valence-electron chi connectivity index (χ4n) is 4.16. The number of anilines is 2. The highest BCUT2D eigenvalue weighted by atomic mass is 16.2. The molecule has 1 heterocycles. The SMILES string of the molecule is Cc1ccc(C(=O)C2CCN(CC(=O)N(c3ccccc3)c3ccccc3)CC2)cc1. The number of carbonyl (C=O) groups excluding carboxylic acids is 2. The number of hydrogen-bond acceptors (Lipinski definition) is 3. The zero-order chi connectivity index (χ0) is 21.6. The first-order valence-electron chi connectivity index (χ1n) is 10.9. The van der Waals surface area contributed by atoms with Gasteiger partial charge in [-0.15, -0.1) is 0 Å². The molecule has 31 heavy (non-hydrogen) atoms. The standard InChI is InChI=1S/C27H28N2O2/c1-21-12-14-22(15-13-21)27(31)23-16-18-28(19-17-23)20-26(30)29(24-8-4-2-5-9-24)25-10-6-3-7-11-25/h2-15,23H,16-20H2,1H3. The van der Waals surface area contributed by atoms with E-state index in [1.54, 1.807) is 4.90 Å². The monoisotopic (exact) mass is 412 g/mol. The van der Waals surface area contributed by atoms with E-state index in [2.05, 4.69) is 4.90 Å². The lowest BCUT2D eigenvalue weighted by atomic mass is 9.88. The third-order valence-electron chi connectivity index (χ3n) is 5.93. The van der Waals surface area contributed by atoms with Crippen molar-refractivity contribution >= 4 is 23.1 Å². The molecule has 0 N–H and O–H groups in total. The highest BCUT2D eigenvalue weighted by Crippen LogP contribution is 2.27. The second kappa shape index (κ2) is 9.71. The van der Waals surface area contributed by atoms with Crippen molar-refractivity contribution in [2.24, 2.45) is 5.92 Å². The molecule has 1 saturated heterocycles.